The van der Waals surface area contributed by atoms with Gasteiger partial charge in [0, 0.05) is 31.2 Å². The summed E-state index contributed by atoms with van der Waals surface area (Å²) < 4.78 is 31.1. The Kier molecular flexibility index (Phi) is 5.63. The molecule has 0 aliphatic carbocycles. The molecule has 0 radical (unpaired) electrons. The van der Waals surface area contributed by atoms with Crippen molar-refractivity contribution in [3.8, 4) is 0 Å². The highest BCUT2D eigenvalue weighted by molar-refractivity contribution is 7.91. The second-order valence-corrected chi connectivity index (χ2v) is 10.3. The zero-order valence-electron chi connectivity index (χ0n) is 16.9. The van der Waals surface area contributed by atoms with Crippen molar-refractivity contribution in [3.63, 3.8) is 0 Å². The van der Waals surface area contributed by atoms with Gasteiger partial charge in [0.25, 0.3) is 5.91 Å². The maximum absolute atomic E-state index is 12.7. The van der Waals surface area contributed by atoms with Crippen LogP contribution in [0.15, 0.2) is 18.2 Å². The van der Waals surface area contributed by atoms with Crippen molar-refractivity contribution in [2.45, 2.75) is 32.4 Å². The predicted molar refractivity (Wildman–Crippen MR) is 111 cm³/mol. The van der Waals surface area contributed by atoms with Crippen LogP contribution in [0, 0.1) is 6.92 Å². The highest BCUT2D eigenvalue weighted by Gasteiger charge is 2.31. The second-order valence-electron chi connectivity index (χ2n) is 8.08. The highest BCUT2D eigenvalue weighted by Crippen LogP contribution is 2.29. The molecule has 0 bridgehead atoms. The van der Waals surface area contributed by atoms with Gasteiger partial charge in [-0.15, -0.1) is 0 Å². The molecule has 2 aliphatic rings. The number of imidazole rings is 1. The van der Waals surface area contributed by atoms with Crippen LogP contribution in [0.1, 0.15) is 35.6 Å². The molecule has 4 rings (SSSR count). The van der Waals surface area contributed by atoms with Crippen molar-refractivity contribution in [2.75, 3.05) is 44.4 Å². The van der Waals surface area contributed by atoms with Crippen molar-refractivity contribution >= 4 is 26.8 Å². The summed E-state index contributed by atoms with van der Waals surface area (Å²) in [6, 6.07) is 5.40. The predicted octanol–water partition coefficient (Wildman–Crippen LogP) is 1.15. The number of aryl methyl sites for hydroxylation is 1. The first kappa shape index (κ1) is 20.3. The lowest BCUT2D eigenvalue weighted by molar-refractivity contribution is 0.0342. The SMILES string of the molecule is Cc1nc2cc(C(=O)N[C@@H](C)CN3CCOCC3)ccc2n1[C@@H]1CCS(=O)(=O)C1. The highest BCUT2D eigenvalue weighted by atomic mass is 32.2. The zero-order valence-corrected chi connectivity index (χ0v) is 17.7. The maximum atomic E-state index is 12.7. The third-order valence-electron chi connectivity index (χ3n) is 5.71. The average molecular weight is 421 g/mol. The first-order chi connectivity index (χ1) is 13.8. The van der Waals surface area contributed by atoms with Crippen molar-refractivity contribution < 1.29 is 17.9 Å². The van der Waals surface area contributed by atoms with E-state index < -0.39 is 9.84 Å². The van der Waals surface area contributed by atoms with Crippen molar-refractivity contribution in [1.82, 2.24) is 19.8 Å². The van der Waals surface area contributed by atoms with Crippen LogP contribution >= 0.6 is 0 Å². The van der Waals surface area contributed by atoms with Crippen LogP contribution in [0.5, 0.6) is 0 Å². The third kappa shape index (κ3) is 4.46. The largest absolute Gasteiger partial charge is 0.379 e. The van der Waals surface area contributed by atoms with Crippen LogP contribution in [-0.4, -0.2) is 79.2 Å². The molecule has 1 amide bonds. The van der Waals surface area contributed by atoms with Gasteiger partial charge in [-0.3, -0.25) is 9.69 Å². The fraction of sp³-hybridized carbons (Fsp3) is 0.600. The smallest absolute Gasteiger partial charge is 0.251 e. The Morgan fingerprint density at radius 2 is 2.10 bits per heavy atom. The number of hydrogen-bond acceptors (Lipinski definition) is 6. The first-order valence-corrected chi connectivity index (χ1v) is 11.9. The summed E-state index contributed by atoms with van der Waals surface area (Å²) in [4.78, 5) is 19.6. The topological polar surface area (TPSA) is 93.5 Å². The van der Waals surface area contributed by atoms with E-state index >= 15 is 0 Å². The molecule has 3 heterocycles. The number of ether oxygens (including phenoxy) is 1. The number of sulfone groups is 1. The van der Waals surface area contributed by atoms with Crippen molar-refractivity contribution in [2.24, 2.45) is 0 Å². The quantitative estimate of drug-likeness (QED) is 0.780. The second kappa shape index (κ2) is 8.04. The van der Waals surface area contributed by atoms with Gasteiger partial charge in [-0.05, 0) is 38.5 Å². The van der Waals surface area contributed by atoms with E-state index in [1.54, 1.807) is 12.1 Å². The number of rotatable bonds is 5. The van der Waals surface area contributed by atoms with Gasteiger partial charge in [-0.1, -0.05) is 0 Å². The monoisotopic (exact) mass is 420 g/mol. The van der Waals surface area contributed by atoms with Gasteiger partial charge in [0.1, 0.15) is 5.82 Å². The summed E-state index contributed by atoms with van der Waals surface area (Å²) in [6.45, 7) is 7.93. The van der Waals surface area contributed by atoms with Gasteiger partial charge in [0.05, 0.1) is 41.8 Å². The Hall–Kier alpha value is -1.97. The molecule has 2 aliphatic heterocycles. The fourth-order valence-electron chi connectivity index (χ4n) is 4.32. The molecule has 8 nitrogen and oxygen atoms in total. The lowest BCUT2D eigenvalue weighted by atomic mass is 10.1. The Morgan fingerprint density at radius 1 is 1.34 bits per heavy atom. The number of carbonyl (C=O) groups excluding carboxylic acids is 1. The molecule has 29 heavy (non-hydrogen) atoms. The minimum atomic E-state index is -2.98. The molecule has 1 N–H and O–H groups in total. The number of nitrogens with zero attached hydrogens (tertiary/aromatic N) is 3. The van der Waals surface area contributed by atoms with E-state index in [1.807, 2.05) is 24.5 Å². The number of nitrogens with one attached hydrogen (secondary N) is 1. The Balaban J connectivity index is 1.48. The summed E-state index contributed by atoms with van der Waals surface area (Å²) in [7, 11) is -2.98. The Labute approximate surface area is 171 Å². The van der Waals surface area contributed by atoms with Gasteiger partial charge >= 0.3 is 0 Å². The molecule has 158 valence electrons. The average Bonchev–Trinajstić information content (AvgIpc) is 3.19. The van der Waals surface area contributed by atoms with E-state index in [2.05, 4.69) is 15.2 Å². The number of fused-ring (bicyclic) bond motifs is 1. The number of benzene rings is 1. The normalized spacial score (nSPS) is 23.3. The van der Waals surface area contributed by atoms with Crippen LogP contribution < -0.4 is 5.32 Å². The van der Waals surface area contributed by atoms with Crippen LogP contribution in [-0.2, 0) is 14.6 Å². The van der Waals surface area contributed by atoms with Gasteiger partial charge in [-0.25, -0.2) is 13.4 Å². The van der Waals surface area contributed by atoms with Crippen LogP contribution in [0.25, 0.3) is 11.0 Å². The van der Waals surface area contributed by atoms with Gasteiger partial charge in [0.2, 0.25) is 0 Å². The number of carbonyl (C=O) groups is 1. The number of aromatic nitrogens is 2. The lowest BCUT2D eigenvalue weighted by Crippen LogP contribution is -2.46. The first-order valence-electron chi connectivity index (χ1n) is 10.1. The molecule has 0 spiro atoms. The molecule has 2 fully saturated rings. The molecule has 9 heteroatoms. The van der Waals surface area contributed by atoms with Crippen LogP contribution in [0.3, 0.4) is 0 Å². The lowest BCUT2D eigenvalue weighted by Gasteiger charge is -2.29. The van der Waals surface area contributed by atoms with E-state index in [9.17, 15) is 13.2 Å². The van der Waals surface area contributed by atoms with E-state index in [4.69, 9.17) is 4.74 Å². The standard InChI is InChI=1S/C20H28N4O4S/c1-14(12-23-6-8-28-9-7-23)21-20(25)16-3-4-19-18(11-16)22-15(2)24(19)17-5-10-29(26,27)13-17/h3-4,11,14,17H,5-10,12-13H2,1-2H3,(H,21,25)/t14-,17+/m0/s1. The van der Waals surface area contributed by atoms with E-state index in [1.165, 1.54) is 0 Å². The number of amides is 1. The molecule has 0 unspecified atom stereocenters. The summed E-state index contributed by atoms with van der Waals surface area (Å²) in [6.07, 6.45) is 0.607. The van der Waals surface area contributed by atoms with E-state index in [-0.39, 0.29) is 29.5 Å². The Morgan fingerprint density at radius 3 is 2.79 bits per heavy atom. The Bertz CT molecular complexity index is 1010. The van der Waals surface area contributed by atoms with Gasteiger partial charge in [0.15, 0.2) is 9.84 Å². The molecule has 2 atom stereocenters. The summed E-state index contributed by atoms with van der Waals surface area (Å²) in [5, 5.41) is 3.06. The zero-order chi connectivity index (χ0) is 20.6. The van der Waals surface area contributed by atoms with Crippen molar-refractivity contribution in [1.29, 1.82) is 0 Å². The van der Waals surface area contributed by atoms with Gasteiger partial charge < -0.3 is 14.6 Å². The fourth-order valence-corrected chi connectivity index (χ4v) is 6.02. The summed E-state index contributed by atoms with van der Waals surface area (Å²) in [5.41, 5.74) is 2.16. The number of hydrogen-bond donors (Lipinski definition) is 1. The molecule has 2 aromatic rings. The minimum absolute atomic E-state index is 0.0271. The molecule has 0 saturated carbocycles. The third-order valence-corrected chi connectivity index (χ3v) is 7.47. The van der Waals surface area contributed by atoms with E-state index in [0.717, 1.165) is 49.7 Å². The van der Waals surface area contributed by atoms with Crippen LogP contribution in [0.4, 0.5) is 0 Å². The van der Waals surface area contributed by atoms with Crippen LogP contribution in [0.2, 0.25) is 0 Å². The van der Waals surface area contributed by atoms with E-state index in [0.29, 0.717) is 12.0 Å². The molecular formula is C20H28N4O4S. The van der Waals surface area contributed by atoms with Gasteiger partial charge in [-0.2, -0.15) is 0 Å². The maximum Gasteiger partial charge on any atom is 0.251 e. The van der Waals surface area contributed by atoms with Crippen molar-refractivity contribution in [3.05, 3.63) is 29.6 Å². The summed E-state index contributed by atoms with van der Waals surface area (Å²) >= 11 is 0. The molecule has 1 aromatic heterocycles. The number of morpholine rings is 1. The molecule has 2 saturated heterocycles. The molecular weight excluding hydrogens is 392 g/mol. The summed E-state index contributed by atoms with van der Waals surface area (Å²) in [5.74, 6) is 1.03. The molecule has 1 aromatic carbocycles. The minimum Gasteiger partial charge on any atom is -0.379 e.